The van der Waals surface area contributed by atoms with E-state index in [0.29, 0.717) is 0 Å². The van der Waals surface area contributed by atoms with Crippen LogP contribution in [0.5, 0.6) is 5.75 Å². The van der Waals surface area contributed by atoms with Gasteiger partial charge in [-0.1, -0.05) is 31.2 Å². The fourth-order valence-electron chi connectivity index (χ4n) is 2.99. The van der Waals surface area contributed by atoms with Crippen molar-refractivity contribution in [3.8, 4) is 5.75 Å². The van der Waals surface area contributed by atoms with E-state index in [-0.39, 0.29) is 11.4 Å². The van der Waals surface area contributed by atoms with Crippen LogP contribution in [0.2, 0.25) is 0 Å². The van der Waals surface area contributed by atoms with Gasteiger partial charge in [0.15, 0.2) is 0 Å². The van der Waals surface area contributed by atoms with Crippen molar-refractivity contribution in [3.05, 3.63) is 41.5 Å². The zero-order valence-electron chi connectivity index (χ0n) is 10.4. The molecule has 0 saturated heterocycles. The summed E-state index contributed by atoms with van der Waals surface area (Å²) in [5.74, 6) is 0.602. The zero-order valence-corrected chi connectivity index (χ0v) is 10.4. The van der Waals surface area contributed by atoms with E-state index in [2.05, 4.69) is 25.1 Å². The molecule has 0 N–H and O–H groups in total. The first-order chi connectivity index (χ1) is 7.97. The Kier molecular flexibility index (Phi) is 1.87. The number of carbonyl (C=O) groups excluding carboxylic acids is 1. The van der Waals surface area contributed by atoms with Gasteiger partial charge in [0.1, 0.15) is 5.75 Å². The van der Waals surface area contributed by atoms with E-state index in [0.717, 1.165) is 23.3 Å². The summed E-state index contributed by atoms with van der Waals surface area (Å²) in [6.45, 7) is 6.14. The van der Waals surface area contributed by atoms with Crippen LogP contribution >= 0.6 is 0 Å². The van der Waals surface area contributed by atoms with E-state index in [4.69, 9.17) is 4.74 Å². The number of hydrogen-bond donors (Lipinski definition) is 0. The molecule has 0 aromatic heterocycles. The van der Waals surface area contributed by atoms with Gasteiger partial charge in [-0.25, -0.2) is 0 Å². The first-order valence-electron chi connectivity index (χ1n) is 5.98. The Bertz CT molecular complexity index is 544. The monoisotopic (exact) mass is 228 g/mol. The van der Waals surface area contributed by atoms with Gasteiger partial charge in [-0.15, -0.1) is 0 Å². The van der Waals surface area contributed by atoms with Crippen molar-refractivity contribution in [1.29, 1.82) is 0 Å². The minimum atomic E-state index is -0.519. The topological polar surface area (TPSA) is 26.3 Å². The van der Waals surface area contributed by atoms with Crippen molar-refractivity contribution >= 4 is 5.97 Å². The molecule has 2 nitrogen and oxygen atoms in total. The maximum atomic E-state index is 12.2. The molecule has 0 radical (unpaired) electrons. The molecule has 1 heterocycles. The van der Waals surface area contributed by atoms with Gasteiger partial charge in [-0.2, -0.15) is 0 Å². The molecule has 1 aliphatic heterocycles. The molecule has 0 amide bonds. The van der Waals surface area contributed by atoms with Crippen LogP contribution in [-0.2, 0) is 10.2 Å². The number of benzene rings is 1. The number of fused-ring (bicyclic) bond motifs is 3. The van der Waals surface area contributed by atoms with Crippen molar-refractivity contribution in [2.24, 2.45) is 5.41 Å². The van der Waals surface area contributed by atoms with Gasteiger partial charge in [-0.3, -0.25) is 4.79 Å². The molecule has 3 rings (SSSR count). The molecule has 2 atom stereocenters. The summed E-state index contributed by atoms with van der Waals surface area (Å²) < 4.78 is 5.50. The number of rotatable bonds is 0. The molecule has 1 aliphatic carbocycles. The van der Waals surface area contributed by atoms with Crippen LogP contribution in [0.1, 0.15) is 31.4 Å². The molecule has 17 heavy (non-hydrogen) atoms. The van der Waals surface area contributed by atoms with Crippen LogP contribution < -0.4 is 4.74 Å². The quantitative estimate of drug-likeness (QED) is 0.387. The lowest BCUT2D eigenvalue weighted by Crippen LogP contribution is -2.48. The second-order valence-corrected chi connectivity index (χ2v) is 5.53. The van der Waals surface area contributed by atoms with Crippen molar-refractivity contribution in [2.75, 3.05) is 0 Å². The predicted molar refractivity (Wildman–Crippen MR) is 66.0 cm³/mol. The molecule has 2 heteroatoms. The first kappa shape index (κ1) is 10.6. The van der Waals surface area contributed by atoms with E-state index >= 15 is 0 Å². The lowest BCUT2D eigenvalue weighted by molar-refractivity contribution is -0.147. The summed E-state index contributed by atoms with van der Waals surface area (Å²) >= 11 is 0. The average Bonchev–Trinajstić information content (AvgIpc) is 2.57. The lowest BCUT2D eigenvalue weighted by atomic mass is 9.62. The van der Waals surface area contributed by atoms with Crippen LogP contribution in [0.3, 0.4) is 0 Å². The molecule has 1 aromatic rings. The number of ether oxygens (including phenoxy) is 1. The molecule has 1 aromatic carbocycles. The molecular formula is C15H16O2. The third-order valence-electron chi connectivity index (χ3n) is 4.48. The maximum Gasteiger partial charge on any atom is 0.321 e. The van der Waals surface area contributed by atoms with Gasteiger partial charge in [0, 0.05) is 11.0 Å². The van der Waals surface area contributed by atoms with Crippen molar-refractivity contribution in [2.45, 2.75) is 32.6 Å². The fraction of sp³-hybridized carbons (Fsp3) is 0.400. The van der Waals surface area contributed by atoms with Gasteiger partial charge in [0.2, 0.25) is 0 Å². The Morgan fingerprint density at radius 3 is 2.82 bits per heavy atom. The number of aryl methyl sites for hydroxylation is 1. The van der Waals surface area contributed by atoms with Crippen LogP contribution in [0.25, 0.3) is 0 Å². The van der Waals surface area contributed by atoms with Gasteiger partial charge >= 0.3 is 5.97 Å². The maximum absolute atomic E-state index is 12.2. The Hall–Kier alpha value is -1.57. The molecule has 0 unspecified atom stereocenters. The minimum Gasteiger partial charge on any atom is -0.426 e. The van der Waals surface area contributed by atoms with Gasteiger partial charge < -0.3 is 4.74 Å². The fourth-order valence-corrected chi connectivity index (χ4v) is 2.99. The highest BCUT2D eigenvalue weighted by Crippen LogP contribution is 2.56. The molecule has 0 fully saturated rings. The zero-order chi connectivity index (χ0) is 12.3. The van der Waals surface area contributed by atoms with Gasteiger partial charge in [0.25, 0.3) is 0 Å². The molecule has 0 saturated carbocycles. The van der Waals surface area contributed by atoms with Gasteiger partial charge in [0.05, 0.1) is 5.41 Å². The molecule has 0 bridgehead atoms. The SMILES string of the molecule is Cc1ccc2c(c1)OC(=O)[C@@]1(C)C=CC[C@@]21C. The van der Waals surface area contributed by atoms with E-state index in [1.165, 1.54) is 0 Å². The number of esters is 1. The standard InChI is InChI=1S/C15H16O2/c1-10-5-6-11-12(9-10)17-13(16)15(3)8-4-7-14(11,15)2/h4-6,8-9H,7H2,1-3H3/t14-,15+/m0/s1. The van der Waals surface area contributed by atoms with Crippen molar-refractivity contribution in [3.63, 3.8) is 0 Å². The summed E-state index contributed by atoms with van der Waals surface area (Å²) in [6.07, 6.45) is 4.99. The smallest absolute Gasteiger partial charge is 0.321 e. The molecule has 2 aliphatic rings. The second kappa shape index (κ2) is 3.00. The van der Waals surface area contributed by atoms with E-state index < -0.39 is 5.41 Å². The molecule has 88 valence electrons. The molecule has 0 spiro atoms. The summed E-state index contributed by atoms with van der Waals surface area (Å²) in [6, 6.07) is 6.14. The van der Waals surface area contributed by atoms with Crippen LogP contribution in [-0.4, -0.2) is 5.97 Å². The highest BCUT2D eigenvalue weighted by molar-refractivity contribution is 5.87. The number of hydrogen-bond acceptors (Lipinski definition) is 2. The highest BCUT2D eigenvalue weighted by Gasteiger charge is 2.56. The Balaban J connectivity index is 2.27. The Labute approximate surface area is 101 Å². The Morgan fingerprint density at radius 2 is 2.06 bits per heavy atom. The third kappa shape index (κ3) is 1.13. The molecular weight excluding hydrogens is 212 g/mol. The largest absolute Gasteiger partial charge is 0.426 e. The number of carbonyl (C=O) groups is 1. The summed E-state index contributed by atoms with van der Waals surface area (Å²) in [5, 5.41) is 0. The normalized spacial score (nSPS) is 34.2. The van der Waals surface area contributed by atoms with E-state index in [9.17, 15) is 4.79 Å². The van der Waals surface area contributed by atoms with Gasteiger partial charge in [-0.05, 0) is 31.9 Å². The highest BCUT2D eigenvalue weighted by atomic mass is 16.5. The van der Waals surface area contributed by atoms with Crippen molar-refractivity contribution in [1.82, 2.24) is 0 Å². The van der Waals surface area contributed by atoms with E-state index in [1.807, 2.05) is 26.0 Å². The second-order valence-electron chi connectivity index (χ2n) is 5.53. The van der Waals surface area contributed by atoms with E-state index in [1.54, 1.807) is 0 Å². The predicted octanol–water partition coefficient (Wildman–Crippen LogP) is 3.14. The minimum absolute atomic E-state index is 0.133. The lowest BCUT2D eigenvalue weighted by Gasteiger charge is -2.43. The third-order valence-corrected chi connectivity index (χ3v) is 4.48. The van der Waals surface area contributed by atoms with Crippen LogP contribution in [0, 0.1) is 12.3 Å². The first-order valence-corrected chi connectivity index (χ1v) is 5.98. The number of allylic oxidation sites excluding steroid dienone is 1. The van der Waals surface area contributed by atoms with Crippen LogP contribution in [0.15, 0.2) is 30.4 Å². The summed E-state index contributed by atoms with van der Waals surface area (Å²) in [5.41, 5.74) is 1.59. The summed E-state index contributed by atoms with van der Waals surface area (Å²) in [7, 11) is 0. The summed E-state index contributed by atoms with van der Waals surface area (Å²) in [4.78, 5) is 12.2. The average molecular weight is 228 g/mol. The van der Waals surface area contributed by atoms with Crippen molar-refractivity contribution < 1.29 is 9.53 Å². The Morgan fingerprint density at radius 1 is 1.29 bits per heavy atom. The van der Waals surface area contributed by atoms with Crippen LogP contribution in [0.4, 0.5) is 0 Å².